The molecular formula is C14H19N. The zero-order valence-corrected chi connectivity index (χ0v) is 9.59. The molecule has 1 fully saturated rings. The minimum atomic E-state index is 0.589. The third kappa shape index (κ3) is 2.93. The van der Waals surface area contributed by atoms with Crippen molar-refractivity contribution in [3.8, 4) is 0 Å². The Morgan fingerprint density at radius 1 is 1.20 bits per heavy atom. The van der Waals surface area contributed by atoms with E-state index in [0.717, 1.165) is 0 Å². The normalized spacial score (nSPS) is 21.3. The Morgan fingerprint density at radius 3 is 2.53 bits per heavy atom. The van der Waals surface area contributed by atoms with Crippen LogP contribution >= 0.6 is 0 Å². The van der Waals surface area contributed by atoms with Gasteiger partial charge < -0.3 is 5.32 Å². The zero-order chi connectivity index (χ0) is 10.7. The summed E-state index contributed by atoms with van der Waals surface area (Å²) in [7, 11) is 0. The van der Waals surface area contributed by atoms with Crippen LogP contribution in [-0.2, 0) is 0 Å². The Hall–Kier alpha value is -1.08. The second-order valence-corrected chi connectivity index (χ2v) is 4.48. The molecule has 1 heterocycles. The minimum absolute atomic E-state index is 0.589. The first kappa shape index (κ1) is 10.4. The van der Waals surface area contributed by atoms with Gasteiger partial charge in [-0.2, -0.15) is 0 Å². The first-order chi connectivity index (χ1) is 7.24. The van der Waals surface area contributed by atoms with E-state index in [2.05, 4.69) is 49.5 Å². The van der Waals surface area contributed by atoms with Gasteiger partial charge in [-0.3, -0.25) is 0 Å². The van der Waals surface area contributed by atoms with E-state index in [-0.39, 0.29) is 0 Å². The molecule has 15 heavy (non-hydrogen) atoms. The van der Waals surface area contributed by atoms with E-state index in [1.807, 2.05) is 0 Å². The van der Waals surface area contributed by atoms with E-state index >= 15 is 0 Å². The zero-order valence-electron chi connectivity index (χ0n) is 9.59. The fourth-order valence-corrected chi connectivity index (χ4v) is 2.21. The van der Waals surface area contributed by atoms with Gasteiger partial charge >= 0.3 is 0 Å². The lowest BCUT2D eigenvalue weighted by Gasteiger charge is -2.03. The third-order valence-electron chi connectivity index (χ3n) is 2.86. The van der Waals surface area contributed by atoms with Gasteiger partial charge in [0, 0.05) is 6.04 Å². The summed E-state index contributed by atoms with van der Waals surface area (Å²) in [5.41, 5.74) is 4.00. The van der Waals surface area contributed by atoms with Crippen molar-refractivity contribution in [2.24, 2.45) is 0 Å². The largest absolute Gasteiger partial charge is 0.311 e. The number of benzene rings is 1. The van der Waals surface area contributed by atoms with Gasteiger partial charge in [0.25, 0.3) is 0 Å². The molecule has 2 rings (SSSR count). The molecule has 1 aliphatic heterocycles. The summed E-state index contributed by atoms with van der Waals surface area (Å²) in [5.74, 6) is 0. The lowest BCUT2D eigenvalue weighted by molar-refractivity contribution is 0.730. The summed E-state index contributed by atoms with van der Waals surface area (Å²) in [6, 6.07) is 7.27. The molecule has 0 saturated carbocycles. The quantitative estimate of drug-likeness (QED) is 0.775. The van der Waals surface area contributed by atoms with Gasteiger partial charge in [0.05, 0.1) is 0 Å². The van der Waals surface area contributed by atoms with Crippen LogP contribution < -0.4 is 5.32 Å². The van der Waals surface area contributed by atoms with Crippen LogP contribution in [0.4, 0.5) is 0 Å². The number of hydrogen-bond donors (Lipinski definition) is 1. The van der Waals surface area contributed by atoms with Gasteiger partial charge in [0.2, 0.25) is 0 Å². The predicted molar refractivity (Wildman–Crippen MR) is 66.0 cm³/mol. The molecule has 0 bridgehead atoms. The molecule has 80 valence electrons. The van der Waals surface area contributed by atoms with E-state index in [9.17, 15) is 0 Å². The second kappa shape index (κ2) is 4.63. The maximum atomic E-state index is 3.47. The monoisotopic (exact) mass is 201 g/mol. The smallest absolute Gasteiger partial charge is 0.0253 e. The molecule has 1 aromatic carbocycles. The number of hydrogen-bond acceptors (Lipinski definition) is 1. The molecule has 0 amide bonds. The summed E-state index contributed by atoms with van der Waals surface area (Å²) < 4.78 is 0. The molecule has 1 unspecified atom stereocenters. The Morgan fingerprint density at radius 2 is 1.93 bits per heavy atom. The van der Waals surface area contributed by atoms with Crippen LogP contribution in [0, 0.1) is 13.8 Å². The average molecular weight is 201 g/mol. The van der Waals surface area contributed by atoms with Crippen molar-refractivity contribution in [3.05, 3.63) is 41.0 Å². The molecule has 1 aromatic rings. The molecule has 0 spiro atoms. The van der Waals surface area contributed by atoms with E-state index in [1.54, 1.807) is 0 Å². The van der Waals surface area contributed by atoms with Crippen molar-refractivity contribution in [2.45, 2.75) is 32.7 Å². The standard InChI is InChI=1S/C14H19N/c1-11-8-12(2)10-13(9-11)5-6-14-4-3-7-15-14/h5-6,8-10,14-15H,3-4,7H2,1-2H3/b6-5+. The number of aryl methyl sites for hydroxylation is 2. The summed E-state index contributed by atoms with van der Waals surface area (Å²) in [5, 5.41) is 3.47. The maximum absolute atomic E-state index is 3.47. The van der Waals surface area contributed by atoms with E-state index in [4.69, 9.17) is 0 Å². The van der Waals surface area contributed by atoms with Gasteiger partial charge in [-0.1, -0.05) is 41.5 Å². The Balaban J connectivity index is 2.09. The summed E-state index contributed by atoms with van der Waals surface area (Å²) in [6.45, 7) is 5.47. The van der Waals surface area contributed by atoms with Crippen LogP contribution in [0.25, 0.3) is 6.08 Å². The second-order valence-electron chi connectivity index (χ2n) is 4.48. The highest BCUT2D eigenvalue weighted by atomic mass is 14.9. The molecule has 1 nitrogen and oxygen atoms in total. The topological polar surface area (TPSA) is 12.0 Å². The molecule has 1 N–H and O–H groups in total. The molecule has 1 atom stereocenters. The highest BCUT2D eigenvalue weighted by Crippen LogP contribution is 2.12. The molecule has 0 radical (unpaired) electrons. The van der Waals surface area contributed by atoms with Crippen molar-refractivity contribution in [1.82, 2.24) is 5.32 Å². The van der Waals surface area contributed by atoms with Crippen molar-refractivity contribution in [1.29, 1.82) is 0 Å². The van der Waals surface area contributed by atoms with Gasteiger partial charge in [0.1, 0.15) is 0 Å². The molecule has 1 heteroatoms. The molecule has 0 aliphatic carbocycles. The van der Waals surface area contributed by atoms with Crippen LogP contribution in [-0.4, -0.2) is 12.6 Å². The van der Waals surface area contributed by atoms with Crippen LogP contribution in [0.1, 0.15) is 29.5 Å². The summed E-state index contributed by atoms with van der Waals surface area (Å²) >= 11 is 0. The minimum Gasteiger partial charge on any atom is -0.311 e. The first-order valence-corrected chi connectivity index (χ1v) is 5.74. The highest BCUT2D eigenvalue weighted by molar-refractivity contribution is 5.52. The molecule has 1 saturated heterocycles. The summed E-state index contributed by atoms with van der Waals surface area (Å²) in [4.78, 5) is 0. The highest BCUT2D eigenvalue weighted by Gasteiger charge is 2.09. The van der Waals surface area contributed by atoms with Crippen molar-refractivity contribution >= 4 is 6.08 Å². The van der Waals surface area contributed by atoms with E-state index in [0.29, 0.717) is 6.04 Å². The third-order valence-corrected chi connectivity index (χ3v) is 2.86. The Kier molecular flexibility index (Phi) is 3.22. The molecule has 0 aromatic heterocycles. The van der Waals surface area contributed by atoms with Crippen LogP contribution in [0.3, 0.4) is 0 Å². The fraction of sp³-hybridized carbons (Fsp3) is 0.429. The Bertz CT molecular complexity index is 339. The molecular weight excluding hydrogens is 182 g/mol. The number of rotatable bonds is 2. The van der Waals surface area contributed by atoms with Crippen LogP contribution in [0.2, 0.25) is 0 Å². The van der Waals surface area contributed by atoms with Gasteiger partial charge in [0.15, 0.2) is 0 Å². The van der Waals surface area contributed by atoms with E-state index in [1.165, 1.54) is 36.1 Å². The predicted octanol–water partition coefficient (Wildman–Crippen LogP) is 3.07. The van der Waals surface area contributed by atoms with Gasteiger partial charge in [-0.25, -0.2) is 0 Å². The SMILES string of the molecule is Cc1cc(C)cc(/C=C/C2CCCN2)c1. The van der Waals surface area contributed by atoms with Crippen molar-refractivity contribution in [2.75, 3.05) is 6.54 Å². The average Bonchev–Trinajstić information content (AvgIpc) is 2.65. The number of nitrogens with one attached hydrogen (secondary N) is 1. The van der Waals surface area contributed by atoms with Gasteiger partial charge in [-0.15, -0.1) is 0 Å². The van der Waals surface area contributed by atoms with Crippen molar-refractivity contribution < 1.29 is 0 Å². The van der Waals surface area contributed by atoms with Gasteiger partial charge in [-0.05, 0) is 38.8 Å². The van der Waals surface area contributed by atoms with Crippen LogP contribution in [0.5, 0.6) is 0 Å². The van der Waals surface area contributed by atoms with Crippen molar-refractivity contribution in [3.63, 3.8) is 0 Å². The first-order valence-electron chi connectivity index (χ1n) is 5.74. The van der Waals surface area contributed by atoms with E-state index < -0.39 is 0 Å². The molecule has 1 aliphatic rings. The maximum Gasteiger partial charge on any atom is 0.0253 e. The summed E-state index contributed by atoms with van der Waals surface area (Å²) in [6.07, 6.45) is 7.12. The lowest BCUT2D eigenvalue weighted by Crippen LogP contribution is -2.17. The lowest BCUT2D eigenvalue weighted by atomic mass is 10.1. The fourth-order valence-electron chi connectivity index (χ4n) is 2.21. The van der Waals surface area contributed by atoms with Crippen LogP contribution in [0.15, 0.2) is 24.3 Å². The Labute approximate surface area is 92.2 Å².